The summed E-state index contributed by atoms with van der Waals surface area (Å²) in [5, 5.41) is 1.08. The number of pyridine rings is 1. The third kappa shape index (κ3) is 8.17. The van der Waals surface area contributed by atoms with Crippen molar-refractivity contribution in [2.24, 2.45) is 10.4 Å². The molecule has 2 aromatic rings. The second-order valence-electron chi connectivity index (χ2n) is 12.1. The van der Waals surface area contributed by atoms with Crippen molar-refractivity contribution in [3.8, 4) is 0 Å². The van der Waals surface area contributed by atoms with E-state index in [-0.39, 0.29) is 11.3 Å². The van der Waals surface area contributed by atoms with Crippen LogP contribution in [0.3, 0.4) is 0 Å². The molecule has 2 N–H and O–H groups in total. The van der Waals surface area contributed by atoms with E-state index in [2.05, 4.69) is 60.8 Å². The van der Waals surface area contributed by atoms with Gasteiger partial charge in [-0.3, -0.25) is 14.7 Å². The average molecular weight is 542 g/mol. The lowest BCUT2D eigenvalue weighted by Crippen LogP contribution is -2.54. The number of hydrogen-bond donors (Lipinski definition) is 2. The number of rotatable bonds is 10. The van der Waals surface area contributed by atoms with Gasteiger partial charge < -0.3 is 15.4 Å². The summed E-state index contributed by atoms with van der Waals surface area (Å²) in [6, 6.07) is 6.48. The molecule has 0 saturated carbocycles. The van der Waals surface area contributed by atoms with Gasteiger partial charge in [0.1, 0.15) is 11.5 Å². The molecular weight excluding hydrogens is 494 g/mol. The Hall–Kier alpha value is -2.16. The number of aromatic nitrogens is 1. The molecule has 1 fully saturated rings. The van der Waals surface area contributed by atoms with Crippen molar-refractivity contribution in [3.05, 3.63) is 29.3 Å². The molecule has 1 aromatic heterocycles. The highest BCUT2D eigenvalue weighted by Gasteiger charge is 2.37. The lowest BCUT2D eigenvalue weighted by atomic mass is 9.84. The van der Waals surface area contributed by atoms with Crippen molar-refractivity contribution < 1.29 is 9.53 Å². The van der Waals surface area contributed by atoms with Crippen LogP contribution < -0.4 is 5.73 Å². The highest BCUT2D eigenvalue weighted by molar-refractivity contribution is 7.82. The van der Waals surface area contributed by atoms with Gasteiger partial charge >= 0.3 is 0 Å². The van der Waals surface area contributed by atoms with Crippen molar-refractivity contribution in [1.29, 1.82) is 0 Å². The Kier molecular flexibility index (Phi) is 10.2. The standard InChI is InChI=1S/C30H47N5O2S/c1-8-37-19-21(2)32-26-22(3)24-12-11-23(18-25(24)33-27(26)31)10-9-13-34-14-16-35(17-15-34)28(36)30(7,38)20-29(4,5)6/h11-12,18,38H,8-10,13-17,19-20H2,1-7H3,(H2,31,33). The highest BCUT2D eigenvalue weighted by Crippen LogP contribution is 2.34. The van der Waals surface area contributed by atoms with Crippen LogP contribution in [0.2, 0.25) is 0 Å². The zero-order chi connectivity index (χ0) is 28.1. The van der Waals surface area contributed by atoms with E-state index in [1.165, 1.54) is 5.56 Å². The molecule has 1 aliphatic heterocycles. The van der Waals surface area contributed by atoms with Gasteiger partial charge in [-0.05, 0) is 76.1 Å². The fourth-order valence-electron chi connectivity index (χ4n) is 5.39. The summed E-state index contributed by atoms with van der Waals surface area (Å²) >= 11 is 4.75. The summed E-state index contributed by atoms with van der Waals surface area (Å²) in [5.74, 6) is 0.613. The van der Waals surface area contributed by atoms with Crippen molar-refractivity contribution in [3.63, 3.8) is 0 Å². The number of nitrogen functional groups attached to an aromatic ring is 1. The van der Waals surface area contributed by atoms with Crippen LogP contribution in [0.5, 0.6) is 0 Å². The van der Waals surface area contributed by atoms with Gasteiger partial charge in [-0.1, -0.05) is 32.9 Å². The molecule has 210 valence electrons. The van der Waals surface area contributed by atoms with Gasteiger partial charge in [0.2, 0.25) is 5.91 Å². The van der Waals surface area contributed by atoms with E-state index < -0.39 is 4.75 Å². The number of piperazine rings is 1. The minimum absolute atomic E-state index is 0.0651. The third-order valence-corrected chi connectivity index (χ3v) is 7.41. The van der Waals surface area contributed by atoms with Crippen LogP contribution in [0, 0.1) is 12.3 Å². The van der Waals surface area contributed by atoms with Crippen LogP contribution >= 0.6 is 12.6 Å². The maximum absolute atomic E-state index is 13.1. The molecule has 0 bridgehead atoms. The van der Waals surface area contributed by atoms with Crippen LogP contribution in [0.25, 0.3) is 10.9 Å². The number of thiol groups is 1. The molecule has 2 heterocycles. The van der Waals surface area contributed by atoms with Crippen molar-refractivity contribution >= 4 is 46.7 Å². The van der Waals surface area contributed by atoms with E-state index in [0.29, 0.717) is 19.0 Å². The first-order valence-electron chi connectivity index (χ1n) is 13.9. The Bertz CT molecular complexity index is 1150. The van der Waals surface area contributed by atoms with E-state index in [1.54, 1.807) is 0 Å². The van der Waals surface area contributed by atoms with Crippen molar-refractivity contribution in [2.75, 3.05) is 51.7 Å². The second-order valence-corrected chi connectivity index (χ2v) is 13.0. The summed E-state index contributed by atoms with van der Waals surface area (Å²) in [4.78, 5) is 26.9. The number of carbonyl (C=O) groups is 1. The molecule has 1 amide bonds. The molecule has 1 aromatic carbocycles. The Morgan fingerprint density at radius 2 is 1.87 bits per heavy atom. The highest BCUT2D eigenvalue weighted by atomic mass is 32.1. The summed E-state index contributed by atoms with van der Waals surface area (Å²) in [7, 11) is 0. The summed E-state index contributed by atoms with van der Waals surface area (Å²) in [6.07, 6.45) is 2.79. The number of aliphatic imine (C=N–C) groups is 1. The molecule has 0 aliphatic carbocycles. The van der Waals surface area contributed by atoms with Gasteiger partial charge in [-0.2, -0.15) is 12.6 Å². The first kappa shape index (κ1) is 30.4. The van der Waals surface area contributed by atoms with Crippen LogP contribution in [-0.2, 0) is 16.0 Å². The Morgan fingerprint density at radius 1 is 1.18 bits per heavy atom. The third-order valence-electron chi connectivity index (χ3n) is 7.06. The van der Waals surface area contributed by atoms with Crippen molar-refractivity contribution in [1.82, 2.24) is 14.8 Å². The lowest BCUT2D eigenvalue weighted by Gasteiger charge is -2.40. The van der Waals surface area contributed by atoms with Crippen molar-refractivity contribution in [2.45, 2.75) is 72.5 Å². The van der Waals surface area contributed by atoms with Crippen LogP contribution in [0.15, 0.2) is 23.2 Å². The Balaban J connectivity index is 1.54. The van der Waals surface area contributed by atoms with Gasteiger partial charge in [-0.15, -0.1) is 0 Å². The van der Waals surface area contributed by atoms with E-state index in [0.717, 1.165) is 79.9 Å². The van der Waals surface area contributed by atoms with E-state index in [1.807, 2.05) is 25.7 Å². The molecule has 38 heavy (non-hydrogen) atoms. The van der Waals surface area contributed by atoms with Gasteiger partial charge in [0, 0.05) is 43.9 Å². The molecule has 0 spiro atoms. The molecule has 3 rings (SSSR count). The number of nitrogens with two attached hydrogens (primary N) is 1. The predicted octanol–water partition coefficient (Wildman–Crippen LogP) is 5.46. The molecule has 8 heteroatoms. The van der Waals surface area contributed by atoms with E-state index in [4.69, 9.17) is 23.1 Å². The molecule has 1 atom stereocenters. The van der Waals surface area contributed by atoms with Gasteiger partial charge in [0.15, 0.2) is 0 Å². The van der Waals surface area contributed by atoms with E-state index >= 15 is 0 Å². The van der Waals surface area contributed by atoms with E-state index in [9.17, 15) is 4.79 Å². The number of amides is 1. The average Bonchev–Trinajstić information content (AvgIpc) is 2.83. The predicted molar refractivity (Wildman–Crippen MR) is 163 cm³/mol. The smallest absolute Gasteiger partial charge is 0.238 e. The monoisotopic (exact) mass is 541 g/mol. The summed E-state index contributed by atoms with van der Waals surface area (Å²) in [6.45, 7) is 19.9. The number of benzene rings is 1. The number of hydrogen-bond acceptors (Lipinski definition) is 7. The number of ether oxygens (including phenoxy) is 1. The molecular formula is C30H47N5O2S. The fraction of sp³-hybridized carbons (Fsp3) is 0.633. The molecule has 7 nitrogen and oxygen atoms in total. The normalized spacial score (nSPS) is 17.2. The number of nitrogens with zero attached hydrogens (tertiary/aromatic N) is 4. The topological polar surface area (TPSA) is 84.1 Å². The summed E-state index contributed by atoms with van der Waals surface area (Å²) < 4.78 is 4.84. The zero-order valence-electron chi connectivity index (χ0n) is 24.4. The van der Waals surface area contributed by atoms with Crippen LogP contribution in [0.1, 0.15) is 65.5 Å². The number of aryl methyl sites for hydroxylation is 2. The molecule has 1 saturated heterocycles. The Labute approximate surface area is 234 Å². The second kappa shape index (κ2) is 12.8. The first-order chi connectivity index (χ1) is 17.8. The number of anilines is 1. The summed E-state index contributed by atoms with van der Waals surface area (Å²) in [5.41, 5.74) is 11.2. The number of carbonyl (C=O) groups excluding carboxylic acids is 1. The zero-order valence-corrected chi connectivity index (χ0v) is 25.3. The quantitative estimate of drug-likeness (QED) is 0.308. The number of fused-ring (bicyclic) bond motifs is 1. The van der Waals surface area contributed by atoms with Crippen LogP contribution in [-0.4, -0.2) is 77.1 Å². The molecule has 0 radical (unpaired) electrons. The van der Waals surface area contributed by atoms with Gasteiger partial charge in [0.05, 0.1) is 16.9 Å². The van der Waals surface area contributed by atoms with Gasteiger partial charge in [0.25, 0.3) is 0 Å². The SMILES string of the molecule is CCOCC(C)=Nc1c(N)nc2cc(CCCN3CCN(C(=O)C(C)(S)CC(C)(C)C)CC3)ccc2c1C. The maximum Gasteiger partial charge on any atom is 0.238 e. The minimum atomic E-state index is -0.623. The van der Waals surface area contributed by atoms with Crippen LogP contribution in [0.4, 0.5) is 11.5 Å². The molecule has 1 unspecified atom stereocenters. The van der Waals surface area contributed by atoms with Gasteiger partial charge in [-0.25, -0.2) is 4.98 Å². The maximum atomic E-state index is 13.1. The first-order valence-corrected chi connectivity index (χ1v) is 14.3. The lowest BCUT2D eigenvalue weighted by molar-refractivity contribution is -0.135. The fourth-order valence-corrected chi connectivity index (χ4v) is 6.00. The minimum Gasteiger partial charge on any atom is -0.382 e. The molecule has 1 aliphatic rings. The Morgan fingerprint density at radius 3 is 2.50 bits per heavy atom. The largest absolute Gasteiger partial charge is 0.382 e.